The van der Waals surface area contributed by atoms with Crippen molar-refractivity contribution in [1.82, 2.24) is 4.90 Å². The third-order valence-corrected chi connectivity index (χ3v) is 10.3. The van der Waals surface area contributed by atoms with Crippen LogP contribution in [0.15, 0.2) is 146 Å². The summed E-state index contributed by atoms with van der Waals surface area (Å²) >= 11 is 0. The Hall–Kier alpha value is -5.97. The normalized spacial score (nSPS) is 15.9. The molecular formula is C48H48N2O5. The average molecular weight is 733 g/mol. The van der Waals surface area contributed by atoms with Crippen molar-refractivity contribution < 1.29 is 24.2 Å². The Morgan fingerprint density at radius 2 is 1.38 bits per heavy atom. The Morgan fingerprint density at radius 3 is 1.95 bits per heavy atom. The second kappa shape index (κ2) is 18.4. The fourth-order valence-electron chi connectivity index (χ4n) is 7.55. The minimum atomic E-state index is -1.69. The number of imide groups is 1. The van der Waals surface area contributed by atoms with Gasteiger partial charge in [-0.3, -0.25) is 9.59 Å². The summed E-state index contributed by atoms with van der Waals surface area (Å²) in [7, 11) is 0. The monoisotopic (exact) mass is 732 g/mol. The van der Waals surface area contributed by atoms with E-state index in [9.17, 15) is 19.5 Å². The summed E-state index contributed by atoms with van der Waals surface area (Å²) in [6.07, 6.45) is -0.0535. The Kier molecular flexibility index (Phi) is 12.9. The summed E-state index contributed by atoms with van der Waals surface area (Å²) in [4.78, 5) is 46.6. The predicted octanol–water partition coefficient (Wildman–Crippen LogP) is 9.07. The third kappa shape index (κ3) is 9.78. The predicted molar refractivity (Wildman–Crippen MR) is 216 cm³/mol. The van der Waals surface area contributed by atoms with E-state index >= 15 is 0 Å². The highest BCUT2D eigenvalue weighted by atomic mass is 16.6. The molecule has 7 heteroatoms. The van der Waals surface area contributed by atoms with Gasteiger partial charge in [-0.1, -0.05) is 146 Å². The molecule has 1 fully saturated rings. The second-order valence-electron chi connectivity index (χ2n) is 14.2. The number of ketones is 1. The van der Waals surface area contributed by atoms with Crippen molar-refractivity contribution in [3.8, 4) is 11.8 Å². The van der Waals surface area contributed by atoms with Crippen molar-refractivity contribution in [3.05, 3.63) is 173 Å². The molecule has 0 saturated carbocycles. The van der Waals surface area contributed by atoms with E-state index in [0.29, 0.717) is 25.9 Å². The highest BCUT2D eigenvalue weighted by molar-refractivity contribution is 6.08. The molecule has 1 N–H and O–H groups in total. The number of hydrogen-bond donors (Lipinski definition) is 1. The second-order valence-corrected chi connectivity index (χ2v) is 14.2. The molecule has 5 aromatic carbocycles. The zero-order chi connectivity index (χ0) is 38.6. The fourth-order valence-corrected chi connectivity index (χ4v) is 7.55. The highest BCUT2D eigenvalue weighted by Crippen LogP contribution is 2.38. The number of cyclic esters (lactones) is 1. The Morgan fingerprint density at radius 1 is 0.818 bits per heavy atom. The number of carbonyl (C=O) groups is 3. The third-order valence-electron chi connectivity index (χ3n) is 10.3. The maximum Gasteiger partial charge on any atom is 0.417 e. The number of nitrogens with zero attached hydrogens (tertiary/aromatic N) is 2. The number of carbonyl (C=O) groups excluding carboxylic acids is 3. The number of ether oxygens (including phenoxy) is 1. The molecule has 1 heterocycles. The molecule has 1 saturated heterocycles. The van der Waals surface area contributed by atoms with Crippen molar-refractivity contribution in [1.29, 1.82) is 0 Å². The Balaban J connectivity index is 1.38. The average Bonchev–Trinajstić information content (AvgIpc) is 3.61. The van der Waals surface area contributed by atoms with Crippen molar-refractivity contribution in [2.75, 3.05) is 11.5 Å². The molecular weight excluding hydrogens is 685 g/mol. The fraction of sp³-hybridized carbons (Fsp3) is 0.271. The van der Waals surface area contributed by atoms with Crippen LogP contribution in [0.25, 0.3) is 0 Å². The van der Waals surface area contributed by atoms with E-state index in [2.05, 4.69) is 47.1 Å². The quantitative estimate of drug-likeness (QED) is 0.0805. The van der Waals surface area contributed by atoms with Gasteiger partial charge in [0, 0.05) is 31.1 Å². The topological polar surface area (TPSA) is 87.2 Å². The van der Waals surface area contributed by atoms with Crippen LogP contribution in [0.4, 0.5) is 10.5 Å². The summed E-state index contributed by atoms with van der Waals surface area (Å²) in [6.45, 7) is 4.83. The number of hydrogen-bond acceptors (Lipinski definition) is 6. The number of benzene rings is 5. The summed E-state index contributed by atoms with van der Waals surface area (Å²) in [6, 6.07) is 46.8. The number of rotatable bonds is 16. The van der Waals surface area contributed by atoms with Gasteiger partial charge in [0.2, 0.25) is 5.91 Å². The van der Waals surface area contributed by atoms with E-state index in [-0.39, 0.29) is 19.4 Å². The lowest BCUT2D eigenvalue weighted by Crippen LogP contribution is -2.45. The van der Waals surface area contributed by atoms with Gasteiger partial charge in [-0.15, -0.1) is 5.92 Å². The summed E-state index contributed by atoms with van der Waals surface area (Å²) in [5.74, 6) is 2.68. The van der Waals surface area contributed by atoms with Crippen LogP contribution in [0.5, 0.6) is 0 Å². The molecule has 4 atom stereocenters. The number of Topliss-reactive ketones (excluding diaryl/α,β-unsaturated/α-hetero) is 1. The number of aliphatic hydroxyl groups is 1. The Labute approximate surface area is 324 Å². The molecule has 0 spiro atoms. The number of amides is 2. The summed E-state index contributed by atoms with van der Waals surface area (Å²) in [5, 5.41) is 11.9. The van der Waals surface area contributed by atoms with E-state index in [1.807, 2.05) is 122 Å². The minimum absolute atomic E-state index is 0.0158. The molecule has 0 aromatic heterocycles. The molecule has 1 aliphatic rings. The van der Waals surface area contributed by atoms with Crippen molar-refractivity contribution >= 4 is 23.5 Å². The van der Waals surface area contributed by atoms with Crippen LogP contribution in [0.3, 0.4) is 0 Å². The van der Waals surface area contributed by atoms with Crippen LogP contribution in [0, 0.1) is 17.8 Å². The van der Waals surface area contributed by atoms with E-state index in [4.69, 9.17) is 4.74 Å². The van der Waals surface area contributed by atoms with Crippen LogP contribution in [0.2, 0.25) is 0 Å². The van der Waals surface area contributed by atoms with Gasteiger partial charge in [-0.25, -0.2) is 9.69 Å². The SMILES string of the molecule is CC#C[C@@](O)(CCc1ccccc1)CC(=O)C(C(=O)N1C(=O)OCC1c1ccccc1)C(CC)c1cccc(N(Cc2ccccc2)Cc2ccccc2)c1. The maximum atomic E-state index is 15.0. The first kappa shape index (κ1) is 38.7. The molecule has 2 amide bonds. The molecule has 0 radical (unpaired) electrons. The van der Waals surface area contributed by atoms with Gasteiger partial charge in [0.25, 0.3) is 0 Å². The first-order chi connectivity index (χ1) is 26.8. The molecule has 3 unspecified atom stereocenters. The van der Waals surface area contributed by atoms with Gasteiger partial charge in [0.15, 0.2) is 0 Å². The lowest BCUT2D eigenvalue weighted by molar-refractivity contribution is -0.142. The largest absolute Gasteiger partial charge is 0.446 e. The van der Waals surface area contributed by atoms with Crippen molar-refractivity contribution in [3.63, 3.8) is 0 Å². The van der Waals surface area contributed by atoms with Crippen LogP contribution < -0.4 is 4.90 Å². The molecule has 1 aliphatic heterocycles. The molecule has 7 nitrogen and oxygen atoms in total. The number of anilines is 1. The molecule has 0 aliphatic carbocycles. The molecule has 6 rings (SSSR count). The maximum absolute atomic E-state index is 15.0. The first-order valence-corrected chi connectivity index (χ1v) is 19.0. The van der Waals surface area contributed by atoms with E-state index in [1.165, 1.54) is 0 Å². The van der Waals surface area contributed by atoms with Gasteiger partial charge in [0.1, 0.15) is 30.0 Å². The number of aryl methyl sites for hydroxylation is 1. The van der Waals surface area contributed by atoms with Gasteiger partial charge in [-0.05, 0) is 66.1 Å². The zero-order valence-corrected chi connectivity index (χ0v) is 31.5. The summed E-state index contributed by atoms with van der Waals surface area (Å²) < 4.78 is 5.47. The van der Waals surface area contributed by atoms with Crippen LogP contribution in [0.1, 0.15) is 72.9 Å². The van der Waals surface area contributed by atoms with Gasteiger partial charge in [-0.2, -0.15) is 0 Å². The standard InChI is InChI=1S/C48H48N2O5/c1-3-29-48(54,30-28-36-18-9-5-10-19-36)32-44(51)45(46(52)50-43(35-55-47(50)53)39-24-15-8-16-25-39)42(4-2)40-26-17-27-41(31-40)49(33-37-20-11-6-12-21-37)34-38-22-13-7-14-23-38/h5-27,31,42-43,45,54H,4,28,30,32-35H2,1-2H3/t42?,43?,45?,48-/m1/s1. The smallest absolute Gasteiger partial charge is 0.417 e. The molecule has 0 bridgehead atoms. The van der Waals surface area contributed by atoms with Crippen LogP contribution in [-0.4, -0.2) is 40.0 Å². The zero-order valence-electron chi connectivity index (χ0n) is 31.5. The van der Waals surface area contributed by atoms with E-state index in [0.717, 1.165) is 38.4 Å². The van der Waals surface area contributed by atoms with Crippen molar-refractivity contribution in [2.45, 2.75) is 70.2 Å². The lowest BCUT2D eigenvalue weighted by Gasteiger charge is -2.32. The summed E-state index contributed by atoms with van der Waals surface area (Å²) in [5.41, 5.74) is 4.06. The molecule has 55 heavy (non-hydrogen) atoms. The van der Waals surface area contributed by atoms with Crippen molar-refractivity contribution in [2.24, 2.45) is 5.92 Å². The van der Waals surface area contributed by atoms with E-state index < -0.39 is 41.3 Å². The van der Waals surface area contributed by atoms with E-state index in [1.54, 1.807) is 6.92 Å². The Bertz CT molecular complexity index is 2050. The van der Waals surface area contributed by atoms with Crippen LogP contribution >= 0.6 is 0 Å². The molecule has 280 valence electrons. The highest BCUT2D eigenvalue weighted by Gasteiger charge is 2.47. The lowest BCUT2D eigenvalue weighted by atomic mass is 9.76. The van der Waals surface area contributed by atoms with Crippen LogP contribution in [-0.2, 0) is 33.8 Å². The first-order valence-electron chi connectivity index (χ1n) is 19.0. The van der Waals surface area contributed by atoms with Gasteiger partial charge in [0.05, 0.1) is 0 Å². The van der Waals surface area contributed by atoms with Gasteiger partial charge >= 0.3 is 6.09 Å². The minimum Gasteiger partial charge on any atom is -0.446 e. The molecule has 5 aromatic rings. The van der Waals surface area contributed by atoms with Gasteiger partial charge < -0.3 is 14.7 Å².